The number of benzene rings is 2. The molecule has 0 radical (unpaired) electrons. The van der Waals surface area contributed by atoms with E-state index >= 15 is 0 Å². The standard InChI is InChI=1S/C31H39FO5/c1-3-30(33)36-21-7-5-4-6-20-35-27-17-15-26(16-18-27)31(34)37-29-19-14-25(22-28(29)32)13-12-24-10-8-23(2)9-11-24/h3,14-19,22-24H,1,4-13,20-21H2,2H3. The zero-order valence-electron chi connectivity index (χ0n) is 21.9. The first-order chi connectivity index (χ1) is 17.9. The number of aryl methyl sites for hydroxylation is 1. The lowest BCUT2D eigenvalue weighted by Gasteiger charge is -2.26. The smallest absolute Gasteiger partial charge is 0.343 e. The van der Waals surface area contributed by atoms with Crippen LogP contribution in [0.4, 0.5) is 4.39 Å². The van der Waals surface area contributed by atoms with Crippen molar-refractivity contribution in [2.45, 2.75) is 71.1 Å². The van der Waals surface area contributed by atoms with Crippen molar-refractivity contribution < 1.29 is 28.2 Å². The van der Waals surface area contributed by atoms with Crippen LogP contribution in [0, 0.1) is 17.7 Å². The van der Waals surface area contributed by atoms with Crippen molar-refractivity contribution in [1.82, 2.24) is 0 Å². The number of halogens is 1. The molecule has 0 bridgehead atoms. The number of rotatable bonds is 14. The summed E-state index contributed by atoms with van der Waals surface area (Å²) in [6.45, 7) is 6.62. The molecule has 37 heavy (non-hydrogen) atoms. The fourth-order valence-corrected chi connectivity index (χ4v) is 4.60. The van der Waals surface area contributed by atoms with Gasteiger partial charge in [-0.15, -0.1) is 0 Å². The summed E-state index contributed by atoms with van der Waals surface area (Å²) in [6, 6.07) is 11.5. The topological polar surface area (TPSA) is 61.8 Å². The molecule has 0 unspecified atom stereocenters. The van der Waals surface area contributed by atoms with Crippen LogP contribution >= 0.6 is 0 Å². The summed E-state index contributed by atoms with van der Waals surface area (Å²) in [5, 5.41) is 0. The Labute approximate surface area is 220 Å². The molecule has 200 valence electrons. The van der Waals surface area contributed by atoms with E-state index in [4.69, 9.17) is 14.2 Å². The third-order valence-corrected chi connectivity index (χ3v) is 6.98. The maximum Gasteiger partial charge on any atom is 0.343 e. The van der Waals surface area contributed by atoms with Gasteiger partial charge in [0.2, 0.25) is 0 Å². The Kier molecular flexibility index (Phi) is 11.7. The van der Waals surface area contributed by atoms with Crippen LogP contribution in [0.2, 0.25) is 0 Å². The second-order valence-electron chi connectivity index (χ2n) is 9.98. The second kappa shape index (κ2) is 15.2. The molecule has 1 aliphatic carbocycles. The highest BCUT2D eigenvalue weighted by Gasteiger charge is 2.18. The molecule has 0 aromatic heterocycles. The molecule has 0 saturated heterocycles. The van der Waals surface area contributed by atoms with Gasteiger partial charge in [-0.05, 0) is 92.3 Å². The highest BCUT2D eigenvalue weighted by Crippen LogP contribution is 2.31. The van der Waals surface area contributed by atoms with E-state index in [1.807, 2.05) is 6.07 Å². The summed E-state index contributed by atoms with van der Waals surface area (Å²) in [7, 11) is 0. The van der Waals surface area contributed by atoms with Crippen molar-refractivity contribution >= 4 is 11.9 Å². The van der Waals surface area contributed by atoms with Crippen LogP contribution in [0.1, 0.15) is 80.6 Å². The number of carbonyl (C=O) groups is 2. The minimum absolute atomic E-state index is 0.0557. The Morgan fingerprint density at radius 2 is 1.68 bits per heavy atom. The van der Waals surface area contributed by atoms with E-state index in [-0.39, 0.29) is 5.75 Å². The van der Waals surface area contributed by atoms with Crippen molar-refractivity contribution in [3.63, 3.8) is 0 Å². The molecule has 0 heterocycles. The molecular formula is C31H39FO5. The molecule has 0 aliphatic heterocycles. The van der Waals surface area contributed by atoms with Crippen LogP contribution in [0.15, 0.2) is 55.1 Å². The van der Waals surface area contributed by atoms with Crippen molar-refractivity contribution in [3.05, 3.63) is 72.1 Å². The van der Waals surface area contributed by atoms with E-state index in [1.165, 1.54) is 31.7 Å². The lowest BCUT2D eigenvalue weighted by Crippen LogP contribution is -2.13. The fourth-order valence-electron chi connectivity index (χ4n) is 4.60. The monoisotopic (exact) mass is 510 g/mol. The van der Waals surface area contributed by atoms with Crippen molar-refractivity contribution in [2.24, 2.45) is 11.8 Å². The van der Waals surface area contributed by atoms with Crippen molar-refractivity contribution in [1.29, 1.82) is 0 Å². The van der Waals surface area contributed by atoms with Gasteiger partial charge in [0.1, 0.15) is 5.75 Å². The predicted molar refractivity (Wildman–Crippen MR) is 142 cm³/mol. The Bertz CT molecular complexity index is 1010. The molecule has 1 fully saturated rings. The Balaban J connectivity index is 1.36. The molecule has 2 aromatic rings. The quantitative estimate of drug-likeness (QED) is 0.114. The van der Waals surface area contributed by atoms with Gasteiger partial charge >= 0.3 is 11.9 Å². The molecule has 2 aromatic carbocycles. The highest BCUT2D eigenvalue weighted by molar-refractivity contribution is 5.91. The van der Waals surface area contributed by atoms with E-state index in [1.54, 1.807) is 30.3 Å². The maximum absolute atomic E-state index is 14.6. The number of carbonyl (C=O) groups excluding carboxylic acids is 2. The molecule has 6 heteroatoms. The van der Waals surface area contributed by atoms with E-state index in [2.05, 4.69) is 13.5 Å². The normalized spacial score (nSPS) is 17.1. The van der Waals surface area contributed by atoms with Crippen LogP contribution in [-0.4, -0.2) is 25.2 Å². The summed E-state index contributed by atoms with van der Waals surface area (Å²) < 4.78 is 30.6. The van der Waals surface area contributed by atoms with E-state index in [0.29, 0.717) is 24.5 Å². The molecule has 1 saturated carbocycles. The number of esters is 2. The number of hydrogen-bond donors (Lipinski definition) is 0. The summed E-state index contributed by atoms with van der Waals surface area (Å²) in [4.78, 5) is 23.5. The third-order valence-electron chi connectivity index (χ3n) is 6.98. The Hall–Kier alpha value is -3.15. The van der Waals surface area contributed by atoms with Crippen LogP contribution < -0.4 is 9.47 Å². The molecular weight excluding hydrogens is 471 g/mol. The fraction of sp³-hybridized carbons (Fsp3) is 0.484. The maximum atomic E-state index is 14.6. The van der Waals surface area contributed by atoms with E-state index < -0.39 is 17.8 Å². The number of unbranched alkanes of at least 4 members (excludes halogenated alkanes) is 3. The molecule has 0 N–H and O–H groups in total. The molecule has 1 aliphatic rings. The van der Waals surface area contributed by atoms with Gasteiger partial charge in [0.15, 0.2) is 11.6 Å². The molecule has 0 amide bonds. The summed E-state index contributed by atoms with van der Waals surface area (Å²) >= 11 is 0. The van der Waals surface area contributed by atoms with Crippen LogP contribution in [0.25, 0.3) is 0 Å². The summed E-state index contributed by atoms with van der Waals surface area (Å²) in [5.41, 5.74) is 1.27. The van der Waals surface area contributed by atoms with Crippen LogP contribution in [-0.2, 0) is 16.0 Å². The zero-order valence-corrected chi connectivity index (χ0v) is 21.9. The largest absolute Gasteiger partial charge is 0.494 e. The van der Waals surface area contributed by atoms with Crippen LogP contribution in [0.3, 0.4) is 0 Å². The van der Waals surface area contributed by atoms with E-state index in [9.17, 15) is 14.0 Å². The highest BCUT2D eigenvalue weighted by atomic mass is 19.1. The van der Waals surface area contributed by atoms with E-state index in [0.717, 1.165) is 62.0 Å². The Morgan fingerprint density at radius 3 is 2.35 bits per heavy atom. The van der Waals surface area contributed by atoms with Gasteiger partial charge < -0.3 is 14.2 Å². The van der Waals surface area contributed by atoms with Gasteiger partial charge in [0.25, 0.3) is 0 Å². The van der Waals surface area contributed by atoms with Gasteiger partial charge in [0, 0.05) is 6.08 Å². The second-order valence-corrected chi connectivity index (χ2v) is 9.98. The van der Waals surface area contributed by atoms with Gasteiger partial charge in [-0.3, -0.25) is 0 Å². The minimum Gasteiger partial charge on any atom is -0.494 e. The number of ether oxygens (including phenoxy) is 3. The zero-order chi connectivity index (χ0) is 26.5. The summed E-state index contributed by atoms with van der Waals surface area (Å²) in [6.07, 6.45) is 11.8. The van der Waals surface area contributed by atoms with Gasteiger partial charge in [-0.25, -0.2) is 14.0 Å². The molecule has 5 nitrogen and oxygen atoms in total. The molecule has 3 rings (SSSR count). The SMILES string of the molecule is C=CC(=O)OCCCCCCOc1ccc(C(=O)Oc2ccc(CCC3CCC(C)CC3)cc2F)cc1. The molecule has 0 atom stereocenters. The van der Waals surface area contributed by atoms with Gasteiger partial charge in [-0.1, -0.05) is 45.3 Å². The summed E-state index contributed by atoms with van der Waals surface area (Å²) in [5.74, 6) is 0.640. The minimum atomic E-state index is -0.605. The van der Waals surface area contributed by atoms with Crippen molar-refractivity contribution in [2.75, 3.05) is 13.2 Å². The lowest BCUT2D eigenvalue weighted by molar-refractivity contribution is -0.137. The average Bonchev–Trinajstić information content (AvgIpc) is 2.91. The first kappa shape index (κ1) is 28.4. The van der Waals surface area contributed by atoms with Gasteiger partial charge in [-0.2, -0.15) is 0 Å². The third kappa shape index (κ3) is 10.0. The number of hydrogen-bond acceptors (Lipinski definition) is 5. The van der Waals surface area contributed by atoms with Gasteiger partial charge in [0.05, 0.1) is 18.8 Å². The Morgan fingerprint density at radius 1 is 0.973 bits per heavy atom. The predicted octanol–water partition coefficient (Wildman–Crippen LogP) is 7.47. The van der Waals surface area contributed by atoms with Crippen LogP contribution in [0.5, 0.6) is 11.5 Å². The lowest BCUT2D eigenvalue weighted by atomic mass is 9.80. The average molecular weight is 511 g/mol. The molecule has 0 spiro atoms. The first-order valence-corrected chi connectivity index (χ1v) is 13.5. The first-order valence-electron chi connectivity index (χ1n) is 13.5. The van der Waals surface area contributed by atoms with Crippen molar-refractivity contribution in [3.8, 4) is 11.5 Å².